The average molecular weight is 331 g/mol. The Hall–Kier alpha value is -2.21. The van der Waals surface area contributed by atoms with Crippen molar-refractivity contribution in [1.29, 1.82) is 0 Å². The third-order valence-corrected chi connectivity index (χ3v) is 4.37. The first-order valence-corrected chi connectivity index (χ1v) is 8.69. The number of likely N-dealkylation sites (N-methyl/N-ethyl adjacent to an activating group) is 1. The van der Waals surface area contributed by atoms with Gasteiger partial charge in [-0.1, -0.05) is 25.1 Å². The van der Waals surface area contributed by atoms with Crippen molar-refractivity contribution < 1.29 is 9.69 Å². The van der Waals surface area contributed by atoms with E-state index in [2.05, 4.69) is 24.3 Å². The number of hydrogen-bond donors (Lipinski definition) is 2. The lowest BCUT2D eigenvalue weighted by atomic mass is 10.1. The molecule has 0 saturated heterocycles. The van der Waals surface area contributed by atoms with Crippen molar-refractivity contribution in [2.75, 3.05) is 26.2 Å². The fourth-order valence-corrected chi connectivity index (χ4v) is 2.85. The minimum atomic E-state index is -0.215. The Morgan fingerprint density at radius 3 is 2.46 bits per heavy atom. The normalized spacial score (nSPS) is 11.2. The van der Waals surface area contributed by atoms with Gasteiger partial charge < -0.3 is 10.2 Å². The van der Waals surface area contributed by atoms with Crippen LogP contribution in [0.5, 0.6) is 0 Å². The second-order valence-electron chi connectivity index (χ2n) is 5.87. The van der Waals surface area contributed by atoms with Gasteiger partial charge >= 0.3 is 0 Å². The second-order valence-corrected chi connectivity index (χ2v) is 5.87. The highest BCUT2D eigenvalue weighted by Gasteiger charge is 2.12. The van der Waals surface area contributed by atoms with Gasteiger partial charge in [0.25, 0.3) is 5.56 Å². The molecule has 1 aromatic carbocycles. The first kappa shape index (κ1) is 18.1. The van der Waals surface area contributed by atoms with Crippen LogP contribution in [0.4, 0.5) is 0 Å². The van der Waals surface area contributed by atoms with Crippen LogP contribution in [0, 0.1) is 0 Å². The molecule has 6 nitrogen and oxygen atoms in total. The molecule has 0 unspecified atom stereocenters. The predicted molar refractivity (Wildman–Crippen MR) is 95.3 cm³/mol. The molecule has 24 heavy (non-hydrogen) atoms. The van der Waals surface area contributed by atoms with Gasteiger partial charge in [0.15, 0.2) is 0 Å². The van der Waals surface area contributed by atoms with Crippen LogP contribution in [0.2, 0.25) is 0 Å². The Balaban J connectivity index is 2.11. The summed E-state index contributed by atoms with van der Waals surface area (Å²) >= 11 is 0. The van der Waals surface area contributed by atoms with Crippen LogP contribution >= 0.6 is 0 Å². The van der Waals surface area contributed by atoms with E-state index >= 15 is 0 Å². The van der Waals surface area contributed by atoms with Crippen LogP contribution in [-0.2, 0) is 17.8 Å². The van der Waals surface area contributed by atoms with E-state index in [1.807, 2.05) is 25.1 Å². The summed E-state index contributed by atoms with van der Waals surface area (Å²) < 4.78 is 1.28. The lowest BCUT2D eigenvalue weighted by Crippen LogP contribution is -3.12. The van der Waals surface area contributed by atoms with Crippen LogP contribution in [0.3, 0.4) is 0 Å². The molecule has 0 atom stereocenters. The molecule has 2 N–H and O–H groups in total. The second kappa shape index (κ2) is 8.59. The minimum Gasteiger partial charge on any atom is -0.349 e. The molecule has 2 rings (SSSR count). The summed E-state index contributed by atoms with van der Waals surface area (Å²) in [6.07, 6.45) is 0.716. The number of fused-ring (bicyclic) bond motifs is 1. The monoisotopic (exact) mass is 331 g/mol. The van der Waals surface area contributed by atoms with Gasteiger partial charge in [-0.2, -0.15) is 5.10 Å². The highest BCUT2D eigenvalue weighted by Crippen LogP contribution is 2.13. The third kappa shape index (κ3) is 4.20. The Labute approximate surface area is 142 Å². The first-order chi connectivity index (χ1) is 11.6. The highest BCUT2D eigenvalue weighted by atomic mass is 16.2. The molecule has 0 bridgehead atoms. The van der Waals surface area contributed by atoms with E-state index in [9.17, 15) is 9.59 Å². The largest absolute Gasteiger partial charge is 0.349 e. The molecule has 0 aliphatic carbocycles. The summed E-state index contributed by atoms with van der Waals surface area (Å²) in [6, 6.07) is 7.42. The van der Waals surface area contributed by atoms with Crippen molar-refractivity contribution in [2.24, 2.45) is 0 Å². The molecule has 0 aliphatic heterocycles. The number of benzene rings is 1. The minimum absolute atomic E-state index is 0.0374. The highest BCUT2D eigenvalue weighted by molar-refractivity contribution is 5.84. The van der Waals surface area contributed by atoms with Crippen molar-refractivity contribution >= 4 is 16.7 Å². The number of nitrogens with one attached hydrogen (secondary N) is 2. The molecular weight excluding hydrogens is 304 g/mol. The van der Waals surface area contributed by atoms with Crippen molar-refractivity contribution in [3.05, 3.63) is 40.3 Å². The van der Waals surface area contributed by atoms with E-state index in [4.69, 9.17) is 0 Å². The predicted octanol–water partition coefficient (Wildman–Crippen LogP) is -0.000200. The lowest BCUT2D eigenvalue weighted by molar-refractivity contribution is -0.895. The van der Waals surface area contributed by atoms with Crippen LogP contribution in [0.1, 0.15) is 26.5 Å². The van der Waals surface area contributed by atoms with Gasteiger partial charge in [0.2, 0.25) is 5.91 Å². The molecule has 0 radical (unpaired) electrons. The summed E-state index contributed by atoms with van der Waals surface area (Å²) in [5, 5.41) is 8.74. The molecule has 0 fully saturated rings. The Bertz CT molecular complexity index is 750. The zero-order valence-corrected chi connectivity index (χ0v) is 14.8. The van der Waals surface area contributed by atoms with E-state index < -0.39 is 0 Å². The fraction of sp³-hybridized carbons (Fsp3) is 0.500. The van der Waals surface area contributed by atoms with Crippen molar-refractivity contribution in [1.82, 2.24) is 15.1 Å². The quantitative estimate of drug-likeness (QED) is 0.715. The SMILES string of the molecule is CCc1nn(CC(=O)NCC[NH+](CC)CC)c(=O)c2ccccc12. The average Bonchev–Trinajstić information content (AvgIpc) is 2.61. The number of hydrogen-bond acceptors (Lipinski definition) is 3. The van der Waals surface area contributed by atoms with E-state index in [0.29, 0.717) is 18.4 Å². The summed E-state index contributed by atoms with van der Waals surface area (Å²) in [5.74, 6) is -0.173. The van der Waals surface area contributed by atoms with Crippen LogP contribution in [-0.4, -0.2) is 41.9 Å². The maximum absolute atomic E-state index is 12.5. The standard InChI is InChI=1S/C18H26N4O2/c1-4-16-14-9-7-8-10-15(14)18(24)22(20-16)13-17(23)19-11-12-21(5-2)6-3/h7-10H,4-6,11-13H2,1-3H3,(H,19,23)/p+1. The van der Waals surface area contributed by atoms with Crippen LogP contribution in [0.15, 0.2) is 29.1 Å². The molecule has 0 saturated carbocycles. The number of rotatable bonds is 8. The summed E-state index contributed by atoms with van der Waals surface area (Å²) in [5.41, 5.74) is 0.623. The smallest absolute Gasteiger partial charge is 0.275 e. The molecule has 1 amide bonds. The van der Waals surface area contributed by atoms with Gasteiger partial charge in [0.05, 0.1) is 37.3 Å². The van der Waals surface area contributed by atoms with Crippen LogP contribution in [0.25, 0.3) is 10.8 Å². The molecular formula is C18H27N4O2+. The lowest BCUT2D eigenvalue weighted by Gasteiger charge is -2.15. The van der Waals surface area contributed by atoms with Gasteiger partial charge in [-0.15, -0.1) is 0 Å². The van der Waals surface area contributed by atoms with Gasteiger partial charge in [0, 0.05) is 5.39 Å². The van der Waals surface area contributed by atoms with E-state index in [1.54, 1.807) is 6.07 Å². The number of aromatic nitrogens is 2. The molecule has 0 aliphatic rings. The van der Waals surface area contributed by atoms with E-state index in [0.717, 1.165) is 30.7 Å². The molecule has 2 aromatic rings. The van der Waals surface area contributed by atoms with Gasteiger partial charge in [-0.05, 0) is 26.3 Å². The maximum Gasteiger partial charge on any atom is 0.275 e. The molecule has 1 aromatic heterocycles. The first-order valence-electron chi connectivity index (χ1n) is 8.69. The zero-order valence-electron chi connectivity index (χ0n) is 14.8. The number of carbonyl (C=O) groups excluding carboxylic acids is 1. The maximum atomic E-state index is 12.5. The topological polar surface area (TPSA) is 68.4 Å². The van der Waals surface area contributed by atoms with Crippen LogP contribution < -0.4 is 15.8 Å². The number of aryl methyl sites for hydroxylation is 1. The summed E-state index contributed by atoms with van der Waals surface area (Å²) in [4.78, 5) is 26.1. The van der Waals surface area contributed by atoms with E-state index in [1.165, 1.54) is 9.58 Å². The van der Waals surface area contributed by atoms with Crippen molar-refractivity contribution in [2.45, 2.75) is 33.7 Å². The van der Waals surface area contributed by atoms with Crippen molar-refractivity contribution in [3.63, 3.8) is 0 Å². The summed E-state index contributed by atoms with van der Waals surface area (Å²) in [6.45, 7) is 9.80. The molecule has 130 valence electrons. The summed E-state index contributed by atoms with van der Waals surface area (Å²) in [7, 11) is 0. The fourth-order valence-electron chi connectivity index (χ4n) is 2.85. The molecule has 0 spiro atoms. The zero-order chi connectivity index (χ0) is 17.5. The number of carbonyl (C=O) groups is 1. The Kier molecular flexibility index (Phi) is 6.49. The number of amides is 1. The third-order valence-electron chi connectivity index (χ3n) is 4.37. The van der Waals surface area contributed by atoms with Crippen molar-refractivity contribution in [3.8, 4) is 0 Å². The Morgan fingerprint density at radius 1 is 1.17 bits per heavy atom. The Morgan fingerprint density at radius 2 is 1.83 bits per heavy atom. The number of nitrogens with zero attached hydrogens (tertiary/aromatic N) is 2. The van der Waals surface area contributed by atoms with Gasteiger partial charge in [-0.3, -0.25) is 9.59 Å². The molecule has 1 heterocycles. The van der Waals surface area contributed by atoms with Gasteiger partial charge in [0.1, 0.15) is 6.54 Å². The van der Waals surface area contributed by atoms with E-state index in [-0.39, 0.29) is 18.0 Å². The van der Waals surface area contributed by atoms with Gasteiger partial charge in [-0.25, -0.2) is 4.68 Å². The number of quaternary nitrogens is 1. The molecule has 6 heteroatoms.